The van der Waals surface area contributed by atoms with E-state index in [0.29, 0.717) is 19.8 Å². The second kappa shape index (κ2) is 11.4. The molecule has 1 aromatic rings. The summed E-state index contributed by atoms with van der Waals surface area (Å²) in [6, 6.07) is 4.04. The van der Waals surface area contributed by atoms with E-state index >= 15 is 0 Å². The van der Waals surface area contributed by atoms with Crippen molar-refractivity contribution in [2.75, 3.05) is 33.7 Å². The zero-order valence-electron chi connectivity index (χ0n) is 14.8. The molecule has 0 radical (unpaired) electrons. The highest BCUT2D eigenvalue weighted by Gasteiger charge is 2.05. The normalized spacial score (nSPS) is 11.3. The molecule has 0 amide bonds. The number of ether oxygens (including phenoxy) is 4. The van der Waals surface area contributed by atoms with Gasteiger partial charge in [0.15, 0.2) is 6.79 Å². The first-order valence-electron chi connectivity index (χ1n) is 7.90. The molecule has 1 aromatic carbocycles. The van der Waals surface area contributed by atoms with Crippen LogP contribution in [-0.2, 0) is 19.0 Å². The summed E-state index contributed by atoms with van der Waals surface area (Å²) in [6.45, 7) is 7.38. The molecule has 5 nitrogen and oxygen atoms in total. The Morgan fingerprint density at radius 3 is 2.46 bits per heavy atom. The predicted octanol–water partition coefficient (Wildman–Crippen LogP) is 3.44. The molecule has 0 unspecified atom stereocenters. The fourth-order valence-corrected chi connectivity index (χ4v) is 2.10. The molecule has 0 aliphatic rings. The molecular formula is C19H26O5. The summed E-state index contributed by atoms with van der Waals surface area (Å²) in [5.41, 5.74) is 3.09. The van der Waals surface area contributed by atoms with E-state index in [0.717, 1.165) is 22.4 Å². The van der Waals surface area contributed by atoms with Crippen molar-refractivity contribution >= 4 is 12.0 Å². The molecule has 0 aromatic heterocycles. The van der Waals surface area contributed by atoms with Gasteiger partial charge in [0.25, 0.3) is 0 Å². The van der Waals surface area contributed by atoms with Gasteiger partial charge in [0.05, 0.1) is 19.8 Å². The van der Waals surface area contributed by atoms with Gasteiger partial charge in [-0.25, -0.2) is 4.79 Å². The Balaban J connectivity index is 2.61. The highest BCUT2D eigenvalue weighted by atomic mass is 16.7. The summed E-state index contributed by atoms with van der Waals surface area (Å²) < 4.78 is 20.7. The molecule has 0 saturated heterocycles. The number of carbonyl (C=O) groups is 1. The molecule has 132 valence electrons. The van der Waals surface area contributed by atoms with Crippen LogP contribution in [0.15, 0.2) is 30.4 Å². The van der Waals surface area contributed by atoms with Crippen molar-refractivity contribution in [1.29, 1.82) is 0 Å². The Kier molecular flexibility index (Phi) is 9.49. The standard InChI is InChI=1S/C19H26O5/c1-5-23-18(20)9-7-6-8-17-12-15(2)19(16(3)13-17)24-14-22-11-10-21-4/h6-9,12-13H,5,10-11,14H2,1-4H3/b8-6+,9-7+. The quantitative estimate of drug-likeness (QED) is 0.216. The first kappa shape index (κ1) is 19.9. The lowest BCUT2D eigenvalue weighted by Gasteiger charge is -2.13. The van der Waals surface area contributed by atoms with Gasteiger partial charge < -0.3 is 18.9 Å². The average Bonchev–Trinajstić information content (AvgIpc) is 2.54. The first-order valence-corrected chi connectivity index (χ1v) is 7.90. The van der Waals surface area contributed by atoms with Crippen molar-refractivity contribution in [3.8, 4) is 5.75 Å². The average molecular weight is 334 g/mol. The molecule has 5 heteroatoms. The third-order valence-corrected chi connectivity index (χ3v) is 3.12. The maximum atomic E-state index is 11.2. The van der Waals surface area contributed by atoms with E-state index in [2.05, 4.69) is 0 Å². The maximum Gasteiger partial charge on any atom is 0.330 e. The number of allylic oxidation sites excluding steroid dienone is 2. The smallest absolute Gasteiger partial charge is 0.330 e. The zero-order valence-corrected chi connectivity index (χ0v) is 14.8. The van der Waals surface area contributed by atoms with Crippen molar-refractivity contribution in [1.82, 2.24) is 0 Å². The minimum Gasteiger partial charge on any atom is -0.467 e. The van der Waals surface area contributed by atoms with Gasteiger partial charge in [0.2, 0.25) is 0 Å². The molecule has 0 saturated carbocycles. The van der Waals surface area contributed by atoms with Crippen LogP contribution in [0.5, 0.6) is 5.75 Å². The molecule has 0 N–H and O–H groups in total. The van der Waals surface area contributed by atoms with Crippen LogP contribution in [0.2, 0.25) is 0 Å². The van der Waals surface area contributed by atoms with E-state index in [1.54, 1.807) is 26.2 Å². The van der Waals surface area contributed by atoms with Crippen LogP contribution >= 0.6 is 0 Å². The van der Waals surface area contributed by atoms with Crippen molar-refractivity contribution in [3.05, 3.63) is 47.1 Å². The van der Waals surface area contributed by atoms with Crippen molar-refractivity contribution in [2.24, 2.45) is 0 Å². The Labute approximate surface area is 143 Å². The van der Waals surface area contributed by atoms with E-state index in [9.17, 15) is 4.79 Å². The predicted molar refractivity (Wildman–Crippen MR) is 94.0 cm³/mol. The van der Waals surface area contributed by atoms with Gasteiger partial charge in [-0.15, -0.1) is 0 Å². The summed E-state index contributed by atoms with van der Waals surface area (Å²) in [5, 5.41) is 0. The molecule has 0 bridgehead atoms. The number of aryl methyl sites for hydroxylation is 2. The second-order valence-corrected chi connectivity index (χ2v) is 5.12. The molecular weight excluding hydrogens is 308 g/mol. The third kappa shape index (κ3) is 7.44. The lowest BCUT2D eigenvalue weighted by atomic mass is 10.1. The lowest BCUT2D eigenvalue weighted by Crippen LogP contribution is -2.09. The van der Waals surface area contributed by atoms with Gasteiger partial charge in [-0.2, -0.15) is 0 Å². The largest absolute Gasteiger partial charge is 0.467 e. The van der Waals surface area contributed by atoms with Crippen LogP contribution in [0.1, 0.15) is 23.6 Å². The number of carbonyl (C=O) groups excluding carboxylic acids is 1. The summed E-state index contributed by atoms with van der Waals surface area (Å²) in [5.74, 6) is 0.485. The zero-order chi connectivity index (χ0) is 17.8. The highest BCUT2D eigenvalue weighted by molar-refractivity contribution is 5.82. The van der Waals surface area contributed by atoms with Gasteiger partial charge >= 0.3 is 5.97 Å². The molecule has 0 aliphatic heterocycles. The molecule has 24 heavy (non-hydrogen) atoms. The Hall–Kier alpha value is -2.11. The van der Waals surface area contributed by atoms with E-state index in [1.165, 1.54) is 6.08 Å². The van der Waals surface area contributed by atoms with Crippen LogP contribution in [0, 0.1) is 13.8 Å². The molecule has 0 atom stereocenters. The third-order valence-electron chi connectivity index (χ3n) is 3.12. The van der Waals surface area contributed by atoms with Crippen LogP contribution in [0.3, 0.4) is 0 Å². The van der Waals surface area contributed by atoms with Gasteiger partial charge in [0, 0.05) is 13.2 Å². The summed E-state index contributed by atoms with van der Waals surface area (Å²) in [7, 11) is 1.63. The van der Waals surface area contributed by atoms with Gasteiger partial charge in [-0.3, -0.25) is 0 Å². The summed E-state index contributed by atoms with van der Waals surface area (Å²) in [4.78, 5) is 11.2. The Bertz CT molecular complexity index is 552. The number of rotatable bonds is 10. The highest BCUT2D eigenvalue weighted by Crippen LogP contribution is 2.25. The number of benzene rings is 1. The van der Waals surface area contributed by atoms with E-state index in [1.807, 2.05) is 32.1 Å². The molecule has 0 spiro atoms. The SMILES string of the molecule is CCOC(=O)/C=C/C=C/c1cc(C)c(OCOCCOC)c(C)c1. The topological polar surface area (TPSA) is 54.0 Å². The number of hydrogen-bond acceptors (Lipinski definition) is 5. The Morgan fingerprint density at radius 1 is 1.12 bits per heavy atom. The maximum absolute atomic E-state index is 11.2. The number of esters is 1. The van der Waals surface area contributed by atoms with E-state index < -0.39 is 0 Å². The van der Waals surface area contributed by atoms with Crippen molar-refractivity contribution in [3.63, 3.8) is 0 Å². The summed E-state index contributed by atoms with van der Waals surface area (Å²) >= 11 is 0. The summed E-state index contributed by atoms with van der Waals surface area (Å²) in [6.07, 6.45) is 6.79. The van der Waals surface area contributed by atoms with Gasteiger partial charge in [0.1, 0.15) is 5.75 Å². The molecule has 0 heterocycles. The number of methoxy groups -OCH3 is 1. The lowest BCUT2D eigenvalue weighted by molar-refractivity contribution is -0.137. The minimum atomic E-state index is -0.341. The minimum absolute atomic E-state index is 0.197. The van der Waals surface area contributed by atoms with Gasteiger partial charge in [-0.1, -0.05) is 18.2 Å². The molecule has 1 rings (SSSR count). The molecule has 0 aliphatic carbocycles. The molecule has 0 fully saturated rings. The fourth-order valence-electron chi connectivity index (χ4n) is 2.10. The van der Waals surface area contributed by atoms with Crippen LogP contribution in [0.25, 0.3) is 6.08 Å². The van der Waals surface area contributed by atoms with Crippen LogP contribution < -0.4 is 4.74 Å². The monoisotopic (exact) mass is 334 g/mol. The number of hydrogen-bond donors (Lipinski definition) is 0. The van der Waals surface area contributed by atoms with Crippen molar-refractivity contribution in [2.45, 2.75) is 20.8 Å². The first-order chi connectivity index (χ1) is 11.6. The van der Waals surface area contributed by atoms with Crippen LogP contribution in [0.4, 0.5) is 0 Å². The van der Waals surface area contributed by atoms with Gasteiger partial charge in [-0.05, 0) is 49.6 Å². The second-order valence-electron chi connectivity index (χ2n) is 5.12. The Morgan fingerprint density at radius 2 is 1.83 bits per heavy atom. The van der Waals surface area contributed by atoms with E-state index in [-0.39, 0.29) is 12.8 Å². The fraction of sp³-hybridized carbons (Fsp3) is 0.421. The van der Waals surface area contributed by atoms with Crippen molar-refractivity contribution < 1.29 is 23.7 Å². The van der Waals surface area contributed by atoms with Crippen LogP contribution in [-0.4, -0.2) is 39.7 Å². The van der Waals surface area contributed by atoms with E-state index in [4.69, 9.17) is 18.9 Å².